The molecule has 2 N–H and O–H groups in total. The van der Waals surface area contributed by atoms with Crippen molar-refractivity contribution in [2.75, 3.05) is 13.1 Å². The molecule has 0 heterocycles. The highest BCUT2D eigenvalue weighted by molar-refractivity contribution is 5.31. The number of nitrogens with zero attached hydrogens (tertiary/aromatic N) is 1. The Balaban J connectivity index is 2.26. The van der Waals surface area contributed by atoms with Crippen LogP contribution in [0.5, 0.6) is 0 Å². The molecule has 1 aliphatic rings. The van der Waals surface area contributed by atoms with Crippen LogP contribution in [-0.4, -0.2) is 24.0 Å². The molecule has 0 aromatic heterocycles. The van der Waals surface area contributed by atoms with E-state index < -0.39 is 0 Å². The Bertz CT molecular complexity index is 362. The van der Waals surface area contributed by atoms with E-state index in [0.29, 0.717) is 12.6 Å². The predicted molar refractivity (Wildman–Crippen MR) is 73.1 cm³/mol. The van der Waals surface area contributed by atoms with Crippen LogP contribution in [0.15, 0.2) is 18.2 Å². The van der Waals surface area contributed by atoms with Crippen LogP contribution in [0.4, 0.5) is 0 Å². The van der Waals surface area contributed by atoms with E-state index >= 15 is 0 Å². The summed E-state index contributed by atoms with van der Waals surface area (Å²) in [5, 5.41) is 0. The average molecular weight is 232 g/mol. The van der Waals surface area contributed by atoms with Crippen molar-refractivity contribution >= 4 is 0 Å². The van der Waals surface area contributed by atoms with Crippen LogP contribution in [0.25, 0.3) is 0 Å². The summed E-state index contributed by atoms with van der Waals surface area (Å²) >= 11 is 0. The van der Waals surface area contributed by atoms with Crippen molar-refractivity contribution < 1.29 is 0 Å². The number of hydrogen-bond acceptors (Lipinski definition) is 2. The van der Waals surface area contributed by atoms with Gasteiger partial charge in [0.25, 0.3) is 0 Å². The minimum Gasteiger partial charge on any atom is -0.329 e. The lowest BCUT2D eigenvalue weighted by Crippen LogP contribution is -2.35. The minimum absolute atomic E-state index is 0.395. The number of aryl methyl sites for hydroxylation is 2. The summed E-state index contributed by atoms with van der Waals surface area (Å²) < 4.78 is 0. The van der Waals surface area contributed by atoms with Crippen molar-refractivity contribution in [3.8, 4) is 0 Å². The zero-order valence-corrected chi connectivity index (χ0v) is 11.2. The van der Waals surface area contributed by atoms with Gasteiger partial charge in [-0.25, -0.2) is 0 Å². The Kier molecular flexibility index (Phi) is 3.85. The molecule has 1 aliphatic carbocycles. The highest BCUT2D eigenvalue weighted by Gasteiger charge is 2.32. The van der Waals surface area contributed by atoms with Crippen LogP contribution < -0.4 is 5.73 Å². The first-order chi connectivity index (χ1) is 8.15. The highest BCUT2D eigenvalue weighted by Crippen LogP contribution is 2.34. The van der Waals surface area contributed by atoms with Gasteiger partial charge in [0.1, 0.15) is 0 Å². The van der Waals surface area contributed by atoms with E-state index in [1.807, 2.05) is 0 Å². The van der Waals surface area contributed by atoms with Gasteiger partial charge < -0.3 is 5.73 Å². The van der Waals surface area contributed by atoms with E-state index in [0.717, 1.165) is 12.6 Å². The number of benzene rings is 1. The highest BCUT2D eigenvalue weighted by atomic mass is 15.2. The smallest absolute Gasteiger partial charge is 0.0473 e. The van der Waals surface area contributed by atoms with Crippen molar-refractivity contribution in [1.82, 2.24) is 4.90 Å². The van der Waals surface area contributed by atoms with E-state index in [4.69, 9.17) is 5.73 Å². The largest absolute Gasteiger partial charge is 0.329 e. The molecule has 1 saturated carbocycles. The fourth-order valence-electron chi connectivity index (χ4n) is 2.80. The van der Waals surface area contributed by atoms with Gasteiger partial charge in [-0.2, -0.15) is 0 Å². The van der Waals surface area contributed by atoms with Gasteiger partial charge in [-0.3, -0.25) is 4.90 Å². The van der Waals surface area contributed by atoms with Crippen LogP contribution in [-0.2, 0) is 0 Å². The van der Waals surface area contributed by atoms with E-state index in [-0.39, 0.29) is 0 Å². The molecule has 0 saturated heterocycles. The summed E-state index contributed by atoms with van der Waals surface area (Å²) in [4.78, 5) is 2.56. The average Bonchev–Trinajstić information content (AvgIpc) is 3.08. The summed E-state index contributed by atoms with van der Waals surface area (Å²) in [6.07, 6.45) is 2.68. The molecule has 1 aromatic rings. The summed E-state index contributed by atoms with van der Waals surface area (Å²) in [6.45, 7) is 8.38. The molecule has 2 heteroatoms. The zero-order chi connectivity index (χ0) is 12.4. The third-order valence-corrected chi connectivity index (χ3v) is 3.63. The van der Waals surface area contributed by atoms with Crippen LogP contribution in [0.1, 0.15) is 42.5 Å². The molecule has 2 rings (SSSR count). The second-order valence-corrected chi connectivity index (χ2v) is 5.23. The summed E-state index contributed by atoms with van der Waals surface area (Å²) in [6, 6.07) is 7.97. The Morgan fingerprint density at radius 3 is 2.24 bits per heavy atom. The lowest BCUT2D eigenvalue weighted by atomic mass is 10.00. The maximum atomic E-state index is 6.01. The van der Waals surface area contributed by atoms with E-state index in [1.165, 1.54) is 29.5 Å². The Hall–Kier alpha value is -0.860. The molecule has 0 aliphatic heterocycles. The molecular formula is C15H24N2. The van der Waals surface area contributed by atoms with Crippen molar-refractivity contribution in [3.63, 3.8) is 0 Å². The first-order valence-corrected chi connectivity index (χ1v) is 6.69. The maximum Gasteiger partial charge on any atom is 0.0473 e. The molecule has 2 nitrogen and oxygen atoms in total. The molecule has 1 aromatic carbocycles. The number of hydrogen-bond donors (Lipinski definition) is 1. The van der Waals surface area contributed by atoms with Crippen LogP contribution in [0.3, 0.4) is 0 Å². The summed E-state index contributed by atoms with van der Waals surface area (Å²) in [7, 11) is 0. The number of rotatable bonds is 5. The molecule has 94 valence electrons. The van der Waals surface area contributed by atoms with Crippen LogP contribution in [0, 0.1) is 13.8 Å². The van der Waals surface area contributed by atoms with Gasteiger partial charge in [0.2, 0.25) is 0 Å². The van der Waals surface area contributed by atoms with E-state index in [9.17, 15) is 0 Å². The minimum atomic E-state index is 0.395. The van der Waals surface area contributed by atoms with Gasteiger partial charge >= 0.3 is 0 Å². The number of likely N-dealkylation sites (N-methyl/N-ethyl adjacent to an activating group) is 1. The fraction of sp³-hybridized carbons (Fsp3) is 0.600. The molecule has 1 unspecified atom stereocenters. The van der Waals surface area contributed by atoms with Gasteiger partial charge in [-0.1, -0.05) is 36.2 Å². The van der Waals surface area contributed by atoms with Crippen molar-refractivity contribution in [1.29, 1.82) is 0 Å². The monoisotopic (exact) mass is 232 g/mol. The summed E-state index contributed by atoms with van der Waals surface area (Å²) in [5.74, 6) is 0. The number of nitrogens with two attached hydrogens (primary N) is 1. The second kappa shape index (κ2) is 5.19. The maximum absolute atomic E-state index is 6.01. The van der Waals surface area contributed by atoms with Crippen molar-refractivity contribution in [2.45, 2.75) is 45.7 Å². The van der Waals surface area contributed by atoms with Gasteiger partial charge in [0.05, 0.1) is 0 Å². The molecule has 0 bridgehead atoms. The fourth-order valence-corrected chi connectivity index (χ4v) is 2.80. The predicted octanol–water partition coefficient (Wildman–Crippen LogP) is 2.79. The molecule has 0 radical (unpaired) electrons. The van der Waals surface area contributed by atoms with E-state index in [2.05, 4.69) is 43.9 Å². The van der Waals surface area contributed by atoms with Gasteiger partial charge in [0, 0.05) is 18.6 Å². The lowest BCUT2D eigenvalue weighted by Gasteiger charge is -2.30. The third-order valence-electron chi connectivity index (χ3n) is 3.63. The quantitative estimate of drug-likeness (QED) is 0.846. The SMILES string of the molecule is CCN(C1CC1)C(CN)c1cc(C)cc(C)c1. The van der Waals surface area contributed by atoms with Gasteiger partial charge in [-0.15, -0.1) is 0 Å². The van der Waals surface area contributed by atoms with Gasteiger partial charge in [-0.05, 0) is 38.8 Å². The second-order valence-electron chi connectivity index (χ2n) is 5.23. The molecule has 1 fully saturated rings. The molecule has 0 spiro atoms. The molecular weight excluding hydrogens is 208 g/mol. The normalized spacial score (nSPS) is 17.5. The van der Waals surface area contributed by atoms with E-state index in [1.54, 1.807) is 0 Å². The zero-order valence-electron chi connectivity index (χ0n) is 11.2. The Morgan fingerprint density at radius 1 is 1.24 bits per heavy atom. The van der Waals surface area contributed by atoms with Crippen molar-refractivity contribution in [3.05, 3.63) is 34.9 Å². The third kappa shape index (κ3) is 2.88. The Labute approximate surface area is 105 Å². The molecule has 1 atom stereocenters. The first kappa shape index (κ1) is 12.6. The van der Waals surface area contributed by atoms with Crippen molar-refractivity contribution in [2.24, 2.45) is 5.73 Å². The van der Waals surface area contributed by atoms with Gasteiger partial charge in [0.15, 0.2) is 0 Å². The molecule has 0 amide bonds. The summed E-state index contributed by atoms with van der Waals surface area (Å²) in [5.41, 5.74) is 10.1. The molecule has 17 heavy (non-hydrogen) atoms. The lowest BCUT2D eigenvalue weighted by molar-refractivity contribution is 0.202. The first-order valence-electron chi connectivity index (χ1n) is 6.69. The Morgan fingerprint density at radius 2 is 1.82 bits per heavy atom. The van der Waals surface area contributed by atoms with Crippen LogP contribution >= 0.6 is 0 Å². The topological polar surface area (TPSA) is 29.3 Å². The van der Waals surface area contributed by atoms with Crippen LogP contribution in [0.2, 0.25) is 0 Å². The standard InChI is InChI=1S/C15H24N2/c1-4-17(14-5-6-14)15(10-16)13-8-11(2)7-12(3)9-13/h7-9,14-15H,4-6,10,16H2,1-3H3.